The van der Waals surface area contributed by atoms with Gasteiger partial charge in [0.1, 0.15) is 16.6 Å². The molecule has 0 aliphatic carbocycles. The lowest BCUT2D eigenvalue weighted by Gasteiger charge is -2.43. The lowest BCUT2D eigenvalue weighted by atomic mass is 9.89. The number of allylic oxidation sites excluding steroid dienone is 1. The van der Waals surface area contributed by atoms with Crippen LogP contribution in [0, 0.1) is 11.8 Å². The van der Waals surface area contributed by atoms with Gasteiger partial charge in [-0.05, 0) is 29.2 Å². The summed E-state index contributed by atoms with van der Waals surface area (Å²) in [5, 5.41) is 0. The fourth-order valence-electron chi connectivity index (χ4n) is 5.92. The summed E-state index contributed by atoms with van der Waals surface area (Å²) >= 11 is 6.45. The Balaban J connectivity index is 1.72. The first-order valence-corrected chi connectivity index (χ1v) is 13.6. The lowest BCUT2D eigenvalue weighted by molar-refractivity contribution is -0.150. The number of carbonyl (C=O) groups is 1. The molecule has 2 heterocycles. The van der Waals surface area contributed by atoms with Gasteiger partial charge in [-0.2, -0.15) is 0 Å². The fourth-order valence-corrected chi connectivity index (χ4v) is 6.51. The molecule has 3 aromatic carbocycles. The zero-order chi connectivity index (χ0) is 26.7. The number of thiocarbonyl (C=S) groups is 1. The van der Waals surface area contributed by atoms with E-state index in [0.29, 0.717) is 13.1 Å². The maximum atomic E-state index is 13.9. The SMILES string of the molecule is COC(=O)[C@@H]1/C(=C\C(C)C)N(c2ccccc2)C(=S)C12N(Cc1ccccc1)CCN2Cc1ccccc1. The molecule has 196 valence electrons. The topological polar surface area (TPSA) is 36.0 Å². The lowest BCUT2D eigenvalue weighted by Crippen LogP contribution is -2.62. The van der Waals surface area contributed by atoms with Gasteiger partial charge in [-0.3, -0.25) is 14.6 Å². The zero-order valence-corrected chi connectivity index (χ0v) is 23.1. The number of carbonyl (C=O) groups excluding carboxylic acids is 1. The van der Waals surface area contributed by atoms with E-state index in [-0.39, 0.29) is 11.9 Å². The van der Waals surface area contributed by atoms with Crippen molar-refractivity contribution in [2.24, 2.45) is 11.8 Å². The van der Waals surface area contributed by atoms with Crippen molar-refractivity contribution in [1.82, 2.24) is 9.80 Å². The van der Waals surface area contributed by atoms with Gasteiger partial charge in [0.15, 0.2) is 0 Å². The summed E-state index contributed by atoms with van der Waals surface area (Å²) in [6.45, 7) is 7.20. The van der Waals surface area contributed by atoms with E-state index in [1.54, 1.807) is 0 Å². The van der Waals surface area contributed by atoms with E-state index in [1.807, 2.05) is 30.3 Å². The van der Waals surface area contributed by atoms with Crippen molar-refractivity contribution in [3.05, 3.63) is 114 Å². The molecule has 0 unspecified atom stereocenters. The van der Waals surface area contributed by atoms with E-state index in [2.05, 4.69) is 95.3 Å². The molecule has 5 nitrogen and oxygen atoms in total. The number of rotatable bonds is 7. The zero-order valence-electron chi connectivity index (χ0n) is 22.3. The molecule has 1 spiro atoms. The van der Waals surface area contributed by atoms with Crippen molar-refractivity contribution >= 4 is 28.9 Å². The highest BCUT2D eigenvalue weighted by molar-refractivity contribution is 7.80. The van der Waals surface area contributed by atoms with E-state index in [1.165, 1.54) is 18.2 Å². The van der Waals surface area contributed by atoms with E-state index in [9.17, 15) is 4.79 Å². The number of hydrogen-bond donors (Lipinski definition) is 0. The average Bonchev–Trinajstić information content (AvgIpc) is 3.40. The van der Waals surface area contributed by atoms with Gasteiger partial charge >= 0.3 is 5.97 Å². The Kier molecular flexibility index (Phi) is 7.75. The predicted molar refractivity (Wildman–Crippen MR) is 156 cm³/mol. The number of esters is 1. The molecule has 0 saturated carbocycles. The van der Waals surface area contributed by atoms with E-state index in [4.69, 9.17) is 17.0 Å². The number of anilines is 1. The third-order valence-electron chi connectivity index (χ3n) is 7.47. The second kappa shape index (κ2) is 11.2. The van der Waals surface area contributed by atoms with Crippen LogP contribution in [0.25, 0.3) is 0 Å². The molecule has 3 aromatic rings. The largest absolute Gasteiger partial charge is 0.468 e. The highest BCUT2D eigenvalue weighted by atomic mass is 32.1. The van der Waals surface area contributed by atoms with Crippen LogP contribution in [0.1, 0.15) is 25.0 Å². The molecule has 2 fully saturated rings. The van der Waals surface area contributed by atoms with Gasteiger partial charge in [-0.25, -0.2) is 0 Å². The molecule has 0 aromatic heterocycles. The molecule has 0 N–H and O–H groups in total. The molecule has 38 heavy (non-hydrogen) atoms. The van der Waals surface area contributed by atoms with Gasteiger partial charge in [-0.15, -0.1) is 0 Å². The Morgan fingerprint density at radius 2 is 1.37 bits per heavy atom. The third kappa shape index (κ3) is 4.68. The first-order chi connectivity index (χ1) is 18.5. The molecule has 2 aliphatic heterocycles. The highest BCUT2D eigenvalue weighted by Gasteiger charge is 2.66. The van der Waals surface area contributed by atoms with Crippen molar-refractivity contribution < 1.29 is 9.53 Å². The number of nitrogens with zero attached hydrogens (tertiary/aromatic N) is 3. The monoisotopic (exact) mass is 525 g/mol. The summed E-state index contributed by atoms with van der Waals surface area (Å²) < 4.78 is 5.54. The molecular formula is C32H35N3O2S. The summed E-state index contributed by atoms with van der Waals surface area (Å²) in [4.78, 5) is 21.5. The van der Waals surface area contributed by atoms with E-state index < -0.39 is 11.6 Å². The molecule has 5 rings (SSSR count). The van der Waals surface area contributed by atoms with Crippen molar-refractivity contribution in [3.63, 3.8) is 0 Å². The summed E-state index contributed by atoms with van der Waals surface area (Å²) in [5.74, 6) is -0.652. The molecular weight excluding hydrogens is 490 g/mol. The Labute approximate surface area is 231 Å². The summed E-state index contributed by atoms with van der Waals surface area (Å²) in [5.41, 5.74) is 3.37. The second-order valence-electron chi connectivity index (χ2n) is 10.3. The minimum absolute atomic E-state index is 0.216. The van der Waals surface area contributed by atoms with Crippen LogP contribution in [0.5, 0.6) is 0 Å². The smallest absolute Gasteiger partial charge is 0.318 e. The standard InChI is InChI=1S/C32H35N3O2S/c1-24(2)21-28-29(30(36)37-3)32(31(38)35(28)27-17-11-6-12-18-27)33(22-25-13-7-4-8-14-25)19-20-34(32)23-26-15-9-5-10-16-26/h4-18,21,24,29H,19-20,22-23H2,1-3H3/b28-21+/t29-/m0/s1. The molecule has 0 bridgehead atoms. The summed E-state index contributed by atoms with van der Waals surface area (Å²) in [7, 11) is 1.48. The molecule has 6 heteroatoms. The van der Waals surface area contributed by atoms with E-state index >= 15 is 0 Å². The van der Waals surface area contributed by atoms with Crippen molar-refractivity contribution in [2.45, 2.75) is 32.6 Å². The number of hydrogen-bond acceptors (Lipinski definition) is 5. The molecule has 0 radical (unpaired) electrons. The van der Waals surface area contributed by atoms with Gasteiger partial charge in [0.2, 0.25) is 0 Å². The van der Waals surface area contributed by atoms with Crippen LogP contribution in [-0.2, 0) is 22.6 Å². The third-order valence-corrected chi connectivity index (χ3v) is 7.95. The minimum atomic E-state index is -0.856. The van der Waals surface area contributed by atoms with Gasteiger partial charge in [0.25, 0.3) is 0 Å². The number of methoxy groups -OCH3 is 1. The predicted octanol–water partition coefficient (Wildman–Crippen LogP) is 5.88. The van der Waals surface area contributed by atoms with E-state index in [0.717, 1.165) is 29.5 Å². The van der Waals surface area contributed by atoms with Crippen molar-refractivity contribution in [3.8, 4) is 0 Å². The van der Waals surface area contributed by atoms with Crippen LogP contribution >= 0.6 is 12.2 Å². The molecule has 1 atom stereocenters. The maximum absolute atomic E-state index is 13.9. The highest BCUT2D eigenvalue weighted by Crippen LogP contribution is 2.50. The van der Waals surface area contributed by atoms with Gasteiger partial charge in [-0.1, -0.05) is 111 Å². The first kappa shape index (κ1) is 26.3. The van der Waals surface area contributed by atoms with Crippen LogP contribution in [0.3, 0.4) is 0 Å². The molecule has 0 amide bonds. The quantitative estimate of drug-likeness (QED) is 0.283. The molecule has 2 saturated heterocycles. The number of para-hydroxylation sites is 1. The van der Waals surface area contributed by atoms with Crippen molar-refractivity contribution in [2.75, 3.05) is 25.1 Å². The Hall–Kier alpha value is -3.32. The Morgan fingerprint density at radius 1 is 0.895 bits per heavy atom. The Morgan fingerprint density at radius 3 is 1.82 bits per heavy atom. The first-order valence-electron chi connectivity index (χ1n) is 13.2. The van der Waals surface area contributed by atoms with Crippen LogP contribution in [0.2, 0.25) is 0 Å². The van der Waals surface area contributed by atoms with Crippen molar-refractivity contribution in [1.29, 1.82) is 0 Å². The van der Waals surface area contributed by atoms with Gasteiger partial charge < -0.3 is 9.64 Å². The number of benzene rings is 3. The maximum Gasteiger partial charge on any atom is 0.318 e. The summed E-state index contributed by atoms with van der Waals surface area (Å²) in [6, 6.07) is 31.0. The van der Waals surface area contributed by atoms with Crippen LogP contribution in [0.15, 0.2) is 103 Å². The summed E-state index contributed by atoms with van der Waals surface area (Å²) in [6.07, 6.45) is 2.18. The van der Waals surface area contributed by atoms with Gasteiger partial charge in [0, 0.05) is 37.6 Å². The second-order valence-corrected chi connectivity index (χ2v) is 10.7. The average molecular weight is 526 g/mol. The van der Waals surface area contributed by atoms with Gasteiger partial charge in [0.05, 0.1) is 7.11 Å². The fraction of sp³-hybridized carbons (Fsp3) is 0.312. The number of ether oxygens (including phenoxy) is 1. The minimum Gasteiger partial charge on any atom is -0.468 e. The molecule has 2 aliphatic rings. The van der Waals surface area contributed by atoms with Crippen LogP contribution < -0.4 is 4.90 Å². The van der Waals surface area contributed by atoms with Crippen LogP contribution in [-0.4, -0.2) is 46.6 Å². The van der Waals surface area contributed by atoms with Crippen LogP contribution in [0.4, 0.5) is 5.69 Å². The normalized spacial score (nSPS) is 20.6. The Bertz CT molecular complexity index is 1240.